The summed E-state index contributed by atoms with van der Waals surface area (Å²) in [6.07, 6.45) is -4.41. The molecule has 1 aliphatic rings. The molecule has 2 aromatic rings. The van der Waals surface area contributed by atoms with Crippen LogP contribution in [-0.2, 0) is 22.3 Å². The van der Waals surface area contributed by atoms with Crippen molar-refractivity contribution in [2.45, 2.75) is 32.1 Å². The Morgan fingerprint density at radius 1 is 1.14 bits per heavy atom. The van der Waals surface area contributed by atoms with E-state index in [1.807, 2.05) is 6.92 Å². The number of hydrogen-bond acceptors (Lipinski definition) is 3. The van der Waals surface area contributed by atoms with Crippen LogP contribution in [0.25, 0.3) is 0 Å². The lowest BCUT2D eigenvalue weighted by Crippen LogP contribution is -2.90. The largest absolute Gasteiger partial charge is 0.494 e. The Bertz CT molecular complexity index is 866. The van der Waals surface area contributed by atoms with Gasteiger partial charge in [0.2, 0.25) is 5.91 Å². The molecular weight excluding hydrogens is 373 g/mol. The summed E-state index contributed by atoms with van der Waals surface area (Å²) >= 11 is 0. The topological polar surface area (TPSA) is 63.2 Å². The third-order valence-corrected chi connectivity index (χ3v) is 4.48. The molecule has 1 saturated heterocycles. The van der Waals surface area contributed by atoms with Gasteiger partial charge in [0.1, 0.15) is 12.3 Å². The fourth-order valence-electron chi connectivity index (χ4n) is 3.12. The average Bonchev–Trinajstić information content (AvgIpc) is 2.94. The molecule has 0 radical (unpaired) electrons. The van der Waals surface area contributed by atoms with E-state index in [0.717, 1.165) is 17.0 Å². The van der Waals surface area contributed by atoms with Gasteiger partial charge in [-0.15, -0.1) is 0 Å². The zero-order valence-corrected chi connectivity index (χ0v) is 15.2. The highest BCUT2D eigenvalue weighted by Crippen LogP contribution is 2.29. The van der Waals surface area contributed by atoms with Gasteiger partial charge in [0.15, 0.2) is 6.04 Å². The van der Waals surface area contributed by atoms with E-state index < -0.39 is 17.8 Å². The van der Waals surface area contributed by atoms with Crippen molar-refractivity contribution in [3.05, 3.63) is 59.7 Å². The molecule has 2 aromatic carbocycles. The zero-order chi connectivity index (χ0) is 20.3. The first kappa shape index (κ1) is 19.9. The summed E-state index contributed by atoms with van der Waals surface area (Å²) in [7, 11) is 0. The number of anilines is 1. The van der Waals surface area contributed by atoms with Crippen LogP contribution in [0.3, 0.4) is 0 Å². The molecule has 1 atom stereocenters. The summed E-state index contributed by atoms with van der Waals surface area (Å²) in [5.41, 5.74) is 0.159. The van der Waals surface area contributed by atoms with Gasteiger partial charge in [0.05, 0.1) is 24.3 Å². The normalized spacial score (nSPS) is 17.3. The Kier molecular flexibility index (Phi) is 5.69. The van der Waals surface area contributed by atoms with Crippen LogP contribution in [0.4, 0.5) is 18.9 Å². The Balaban J connectivity index is 1.67. The molecule has 28 heavy (non-hydrogen) atoms. The lowest BCUT2D eigenvalue weighted by molar-refractivity contribution is -0.690. The number of nitrogens with zero attached hydrogens (tertiary/aromatic N) is 1. The van der Waals surface area contributed by atoms with Gasteiger partial charge in [0.25, 0.3) is 5.91 Å². The third-order valence-electron chi connectivity index (χ3n) is 4.48. The van der Waals surface area contributed by atoms with Crippen LogP contribution in [0.2, 0.25) is 0 Å². The van der Waals surface area contributed by atoms with Gasteiger partial charge in [-0.3, -0.25) is 9.59 Å². The van der Waals surface area contributed by atoms with Gasteiger partial charge < -0.3 is 10.1 Å². The van der Waals surface area contributed by atoms with E-state index in [4.69, 9.17) is 4.74 Å². The van der Waals surface area contributed by atoms with Crippen LogP contribution >= 0.6 is 0 Å². The highest BCUT2D eigenvalue weighted by Gasteiger charge is 2.42. The lowest BCUT2D eigenvalue weighted by Gasteiger charge is -2.15. The standard InChI is InChI=1S/C20H19F3N2O3/c1-2-28-16-8-6-15(7-9-16)25-18(26)11-17(19(25)27)24-12-13-4-3-5-14(10-13)20(21,22)23/h3-10,17,24H,2,11-12H2,1H3/p+1/t17-/m0/s1. The first-order chi connectivity index (χ1) is 13.3. The van der Waals surface area contributed by atoms with Gasteiger partial charge in [-0.25, -0.2) is 4.90 Å². The minimum atomic E-state index is -4.42. The second kappa shape index (κ2) is 8.02. The molecule has 0 bridgehead atoms. The number of hydrogen-bond donors (Lipinski definition) is 1. The summed E-state index contributed by atoms with van der Waals surface area (Å²) < 4.78 is 43.8. The molecule has 148 valence electrons. The summed E-state index contributed by atoms with van der Waals surface area (Å²) in [6, 6.07) is 10.9. The van der Waals surface area contributed by atoms with Crippen LogP contribution in [0.1, 0.15) is 24.5 Å². The molecule has 0 spiro atoms. The van der Waals surface area contributed by atoms with Crippen LogP contribution in [0, 0.1) is 0 Å². The maximum atomic E-state index is 12.8. The van der Waals surface area contributed by atoms with Crippen molar-refractivity contribution in [2.24, 2.45) is 0 Å². The summed E-state index contributed by atoms with van der Waals surface area (Å²) in [6.45, 7) is 2.53. The van der Waals surface area contributed by atoms with Gasteiger partial charge >= 0.3 is 6.18 Å². The predicted octanol–water partition coefficient (Wildman–Crippen LogP) is 2.50. The molecule has 1 heterocycles. The SMILES string of the molecule is CCOc1ccc(N2C(=O)C[C@H]([NH2+]Cc3cccc(C(F)(F)F)c3)C2=O)cc1. The number of quaternary nitrogens is 1. The van der Waals surface area contributed by atoms with Crippen LogP contribution in [0.5, 0.6) is 5.75 Å². The molecule has 8 heteroatoms. The van der Waals surface area contributed by atoms with Crippen molar-refractivity contribution >= 4 is 17.5 Å². The minimum Gasteiger partial charge on any atom is -0.494 e. The number of halogens is 3. The van der Waals surface area contributed by atoms with Crippen molar-refractivity contribution in [1.82, 2.24) is 0 Å². The number of amides is 2. The zero-order valence-electron chi connectivity index (χ0n) is 15.2. The molecule has 0 aliphatic carbocycles. The highest BCUT2D eigenvalue weighted by atomic mass is 19.4. The summed E-state index contributed by atoms with van der Waals surface area (Å²) in [4.78, 5) is 26.1. The molecule has 0 saturated carbocycles. The minimum absolute atomic E-state index is 0.00497. The van der Waals surface area contributed by atoms with Crippen LogP contribution in [0.15, 0.2) is 48.5 Å². The number of imide groups is 1. The molecule has 2 N–H and O–H groups in total. The molecule has 2 amide bonds. The number of ether oxygens (including phenoxy) is 1. The van der Waals surface area contributed by atoms with Crippen molar-refractivity contribution in [3.8, 4) is 5.75 Å². The number of alkyl halides is 3. The Hall–Kier alpha value is -2.87. The first-order valence-corrected chi connectivity index (χ1v) is 8.88. The lowest BCUT2D eigenvalue weighted by atomic mass is 10.1. The van der Waals surface area contributed by atoms with E-state index in [2.05, 4.69) is 0 Å². The van der Waals surface area contributed by atoms with E-state index in [-0.39, 0.29) is 24.8 Å². The van der Waals surface area contributed by atoms with Crippen molar-refractivity contribution in [3.63, 3.8) is 0 Å². The molecule has 0 unspecified atom stereocenters. The van der Waals surface area contributed by atoms with Gasteiger partial charge in [-0.2, -0.15) is 13.2 Å². The quantitative estimate of drug-likeness (QED) is 0.767. The smallest absolute Gasteiger partial charge is 0.416 e. The fraction of sp³-hybridized carbons (Fsp3) is 0.300. The number of carbonyl (C=O) groups is 2. The number of nitrogens with two attached hydrogens (primary N) is 1. The van der Waals surface area contributed by atoms with Gasteiger partial charge in [0, 0.05) is 5.56 Å². The van der Waals surface area contributed by atoms with Crippen LogP contribution < -0.4 is 15.0 Å². The molecule has 1 aliphatic heterocycles. The van der Waals surface area contributed by atoms with Crippen LogP contribution in [-0.4, -0.2) is 24.5 Å². The van der Waals surface area contributed by atoms with E-state index in [1.54, 1.807) is 35.6 Å². The van der Waals surface area contributed by atoms with Crippen molar-refractivity contribution < 1.29 is 32.8 Å². The third kappa shape index (κ3) is 4.33. The predicted molar refractivity (Wildman–Crippen MR) is 95.6 cm³/mol. The molecule has 3 rings (SSSR count). The van der Waals surface area contributed by atoms with E-state index in [9.17, 15) is 22.8 Å². The number of rotatable bonds is 6. The number of benzene rings is 2. The molecule has 5 nitrogen and oxygen atoms in total. The summed E-state index contributed by atoms with van der Waals surface area (Å²) in [5.74, 6) is -0.0707. The van der Waals surface area contributed by atoms with Gasteiger partial charge in [-0.1, -0.05) is 12.1 Å². The monoisotopic (exact) mass is 393 g/mol. The molecule has 1 fully saturated rings. The summed E-state index contributed by atoms with van der Waals surface area (Å²) in [5, 5.41) is 1.60. The van der Waals surface area contributed by atoms with Crippen molar-refractivity contribution in [2.75, 3.05) is 11.5 Å². The van der Waals surface area contributed by atoms with E-state index >= 15 is 0 Å². The Morgan fingerprint density at radius 3 is 2.50 bits per heavy atom. The second-order valence-electron chi connectivity index (χ2n) is 6.44. The van der Waals surface area contributed by atoms with Gasteiger partial charge in [-0.05, 0) is 43.3 Å². The van der Waals surface area contributed by atoms with E-state index in [1.165, 1.54) is 6.07 Å². The molecule has 0 aromatic heterocycles. The fourth-order valence-corrected chi connectivity index (χ4v) is 3.12. The highest BCUT2D eigenvalue weighted by molar-refractivity contribution is 6.21. The maximum absolute atomic E-state index is 12.8. The Labute approximate surface area is 160 Å². The second-order valence-corrected chi connectivity index (χ2v) is 6.44. The maximum Gasteiger partial charge on any atom is 0.416 e. The first-order valence-electron chi connectivity index (χ1n) is 8.88. The number of carbonyl (C=O) groups excluding carboxylic acids is 2. The molecular formula is C20H20F3N2O3+. The van der Waals surface area contributed by atoms with Crippen molar-refractivity contribution in [1.29, 1.82) is 0 Å². The average molecular weight is 393 g/mol. The Morgan fingerprint density at radius 2 is 1.86 bits per heavy atom. The van der Waals surface area contributed by atoms with E-state index in [0.29, 0.717) is 23.6 Å².